The Morgan fingerprint density at radius 3 is 1.68 bits per heavy atom. The fourth-order valence-corrected chi connectivity index (χ4v) is 10.7. The molecule has 1 saturated heterocycles. The van der Waals surface area contributed by atoms with E-state index in [-0.39, 0.29) is 68.4 Å². The molecule has 1 aliphatic heterocycles. The van der Waals surface area contributed by atoms with Gasteiger partial charge >= 0.3 is 5.97 Å². The third kappa shape index (κ3) is 22.0. The maximum atomic E-state index is 14.3. The Hall–Kier alpha value is -5.35. The van der Waals surface area contributed by atoms with Crippen molar-refractivity contribution in [1.29, 1.82) is 0 Å². The van der Waals surface area contributed by atoms with E-state index in [1.54, 1.807) is 38.1 Å². The van der Waals surface area contributed by atoms with Crippen molar-refractivity contribution in [3.8, 4) is 11.5 Å². The molecule has 24 heteroatoms. The topological polar surface area (TPSA) is 336 Å². The van der Waals surface area contributed by atoms with Crippen LogP contribution in [0.3, 0.4) is 0 Å². The molecule has 0 spiro atoms. The van der Waals surface area contributed by atoms with Crippen molar-refractivity contribution in [1.82, 2.24) is 36.8 Å². The maximum Gasteiger partial charge on any atom is 0.322 e. The number of nitrogens with zero attached hydrogens (tertiary/aromatic N) is 1. The van der Waals surface area contributed by atoms with Gasteiger partial charge in [0.1, 0.15) is 48.3 Å². The number of amides is 7. The number of nitrogens with one attached hydrogen (secondary N) is 6. The summed E-state index contributed by atoms with van der Waals surface area (Å²) in [6.07, 6.45) is 3.49. The van der Waals surface area contributed by atoms with E-state index in [1.165, 1.54) is 52.7 Å². The fraction of sp³-hybridized carbons (Fsp3) is 0.592. The number of likely N-dealkylation sites (tertiary alicyclic amines) is 1. The minimum atomic E-state index is -4.43. The molecule has 2 aromatic rings. The molecule has 406 valence electrons. The Bertz CT molecular complexity index is 2220. The number of carbonyl (C=O) groups is 8. The Balaban J connectivity index is 1.87. The van der Waals surface area contributed by atoms with Crippen LogP contribution in [0, 0.1) is 17.8 Å². The summed E-state index contributed by atoms with van der Waals surface area (Å²) in [5.41, 5.74) is 7.14. The largest absolute Gasteiger partial charge is 0.508 e. The van der Waals surface area contributed by atoms with Crippen LogP contribution in [0.25, 0.3) is 0 Å². The molecule has 1 aliphatic rings. The second kappa shape index (κ2) is 30.8. The highest BCUT2D eigenvalue weighted by Gasteiger charge is 2.39. The van der Waals surface area contributed by atoms with E-state index in [2.05, 4.69) is 31.9 Å². The van der Waals surface area contributed by atoms with Crippen molar-refractivity contribution < 1.29 is 63.1 Å². The van der Waals surface area contributed by atoms with Gasteiger partial charge in [-0.05, 0) is 110 Å². The monoisotopic (exact) mass is 1080 g/mol. The van der Waals surface area contributed by atoms with Crippen LogP contribution in [0.1, 0.15) is 77.3 Å². The van der Waals surface area contributed by atoms with Gasteiger partial charge in [0.15, 0.2) is 0 Å². The summed E-state index contributed by atoms with van der Waals surface area (Å²) in [6, 6.07) is 4.98. The first-order valence-corrected chi connectivity index (χ1v) is 29.1. The van der Waals surface area contributed by atoms with Gasteiger partial charge in [0.2, 0.25) is 48.7 Å². The van der Waals surface area contributed by atoms with Gasteiger partial charge in [-0.15, -0.1) is 0 Å². The second-order valence-electron chi connectivity index (χ2n) is 19.1. The zero-order valence-corrected chi connectivity index (χ0v) is 45.0. The number of rotatable bonds is 31. The number of carbonyl (C=O) groups excluding carboxylic acids is 7. The van der Waals surface area contributed by atoms with E-state index < -0.39 is 116 Å². The summed E-state index contributed by atoms with van der Waals surface area (Å²) in [6.45, 7) is 6.95. The number of carboxylic acids is 1. The maximum absolute atomic E-state index is 14.3. The molecular formula is C49H75N8O13PS2. The van der Waals surface area contributed by atoms with Crippen LogP contribution in [0.2, 0.25) is 0 Å². The Labute approximate surface area is 435 Å². The number of phenols is 2. The molecule has 2 aromatic carbocycles. The second-order valence-corrected chi connectivity index (χ2v) is 23.5. The number of benzene rings is 2. The Morgan fingerprint density at radius 1 is 0.685 bits per heavy atom. The number of hydrogen-bond acceptors (Lipinski definition) is 14. The molecule has 0 radical (unpaired) electrons. The number of nitrogens with two attached hydrogens (primary N) is 1. The van der Waals surface area contributed by atoms with Gasteiger partial charge in [0, 0.05) is 31.5 Å². The van der Waals surface area contributed by atoms with Crippen LogP contribution in [0.4, 0.5) is 0 Å². The van der Waals surface area contributed by atoms with E-state index in [1.807, 2.05) is 26.4 Å². The Morgan fingerprint density at radius 2 is 1.16 bits per heavy atom. The molecule has 3 rings (SSSR count). The quantitative estimate of drug-likeness (QED) is 0.0481. The molecule has 12 N–H and O–H groups in total. The molecule has 0 saturated carbocycles. The highest BCUT2D eigenvalue weighted by Crippen LogP contribution is 2.42. The number of aromatic hydroxyl groups is 2. The summed E-state index contributed by atoms with van der Waals surface area (Å²) >= 11 is 2.85. The first-order valence-electron chi connectivity index (χ1n) is 24.3. The summed E-state index contributed by atoms with van der Waals surface area (Å²) < 4.78 is 14.1. The molecule has 1 heterocycles. The molecule has 8 atom stereocenters. The summed E-state index contributed by atoms with van der Waals surface area (Å²) in [5, 5.41) is 44.6. The molecule has 0 aliphatic carbocycles. The Kier molecular flexibility index (Phi) is 26.1. The normalized spacial score (nSPS) is 16.7. The molecule has 73 heavy (non-hydrogen) atoms. The van der Waals surface area contributed by atoms with Gasteiger partial charge in [0.25, 0.3) is 0 Å². The standard InChI is InChI=1S/C49H75N8O13PS2/c1-29(2)22-33(27-71(69,70)28-52-45(64)39(24-31-9-13-34(58)14-10-31)56-46(65)37(17-20-72-5)53-44(63)36(50)23-30(3)4)43(62)55-40(25-32-11-15-35(59)16-12-32)47(66)54-38(18-21-73-6)49(68)57-19-7-8-41(57)48(67)51-26-42(60)61/h9-16,29-30,33,36-41,58-59H,7-8,17-28,50H2,1-6H3,(H,51,67)(H,52,64)(H,53,63)(H,54,66)(H,55,62)(H,56,65)(H,60,61)(H,69,70)/t33-,36+,37+,38+,39+,40+,41+/m1/s1. The van der Waals surface area contributed by atoms with Crippen molar-refractivity contribution in [3.05, 3.63) is 59.7 Å². The van der Waals surface area contributed by atoms with Gasteiger partial charge in [-0.1, -0.05) is 52.0 Å². The summed E-state index contributed by atoms with van der Waals surface area (Å²) in [4.78, 5) is 120. The minimum absolute atomic E-state index is 0.0412. The zero-order valence-electron chi connectivity index (χ0n) is 42.5. The molecule has 1 fully saturated rings. The number of hydrogen-bond donors (Lipinski definition) is 11. The van der Waals surface area contributed by atoms with Crippen molar-refractivity contribution >= 4 is 78.2 Å². The highest BCUT2D eigenvalue weighted by atomic mass is 32.2. The van der Waals surface area contributed by atoms with E-state index in [0.29, 0.717) is 35.5 Å². The van der Waals surface area contributed by atoms with E-state index >= 15 is 0 Å². The lowest BCUT2D eigenvalue weighted by molar-refractivity contribution is -0.143. The lowest BCUT2D eigenvalue weighted by Gasteiger charge is -2.30. The van der Waals surface area contributed by atoms with Crippen molar-refractivity contribution in [2.75, 3.05) is 49.6 Å². The van der Waals surface area contributed by atoms with Gasteiger partial charge in [0.05, 0.1) is 12.3 Å². The highest BCUT2D eigenvalue weighted by molar-refractivity contribution is 7.98. The lowest BCUT2D eigenvalue weighted by Crippen LogP contribution is -2.57. The third-order valence-corrected chi connectivity index (χ3v) is 14.9. The summed E-state index contributed by atoms with van der Waals surface area (Å²) in [5.74, 6) is -6.55. The molecule has 21 nitrogen and oxygen atoms in total. The van der Waals surface area contributed by atoms with Gasteiger partial charge in [-0.3, -0.25) is 42.9 Å². The van der Waals surface area contributed by atoms with Crippen LogP contribution in [0.15, 0.2) is 48.5 Å². The van der Waals surface area contributed by atoms with Crippen molar-refractivity contribution in [2.45, 2.75) is 115 Å². The molecule has 7 amide bonds. The van der Waals surface area contributed by atoms with Crippen LogP contribution in [-0.4, -0.2) is 158 Å². The summed E-state index contributed by atoms with van der Waals surface area (Å²) in [7, 11) is -4.43. The molecule has 0 aromatic heterocycles. The average Bonchev–Trinajstić information content (AvgIpc) is 3.83. The number of phenolic OH excluding ortho intramolecular Hbond substituents is 2. The lowest BCUT2D eigenvalue weighted by atomic mass is 9.96. The zero-order chi connectivity index (χ0) is 54.4. The van der Waals surface area contributed by atoms with Crippen LogP contribution >= 0.6 is 30.9 Å². The van der Waals surface area contributed by atoms with Gasteiger partial charge < -0.3 is 62.7 Å². The smallest absolute Gasteiger partial charge is 0.322 e. The van der Waals surface area contributed by atoms with Crippen LogP contribution in [0.5, 0.6) is 11.5 Å². The number of carboxylic acid groups (broad SMARTS) is 1. The number of aliphatic carboxylic acids is 1. The minimum Gasteiger partial charge on any atom is -0.508 e. The number of thioether (sulfide) groups is 2. The van der Waals surface area contributed by atoms with E-state index in [9.17, 15) is 58.0 Å². The molecule has 1 unspecified atom stereocenters. The molecular weight excluding hydrogens is 1000 g/mol. The van der Waals surface area contributed by atoms with Gasteiger partial charge in [-0.25, -0.2) is 0 Å². The average molecular weight is 1080 g/mol. The fourth-order valence-electron chi connectivity index (χ4n) is 8.23. The first kappa shape index (κ1) is 61.9. The van der Waals surface area contributed by atoms with E-state index in [4.69, 9.17) is 10.8 Å². The predicted octanol–water partition coefficient (Wildman–Crippen LogP) is 1.90. The molecule has 0 bridgehead atoms. The van der Waals surface area contributed by atoms with Crippen molar-refractivity contribution in [2.24, 2.45) is 23.5 Å². The predicted molar refractivity (Wildman–Crippen MR) is 281 cm³/mol. The van der Waals surface area contributed by atoms with Crippen molar-refractivity contribution in [3.63, 3.8) is 0 Å². The van der Waals surface area contributed by atoms with Crippen LogP contribution in [-0.2, 0) is 55.8 Å². The van der Waals surface area contributed by atoms with E-state index in [0.717, 1.165) is 0 Å². The van der Waals surface area contributed by atoms with Crippen LogP contribution < -0.4 is 37.6 Å². The SMILES string of the molecule is CSCC[C@H](NC(=O)[C@@H](N)CC(C)C)C(=O)N[C@@H](Cc1ccc(O)cc1)C(=O)NCP(=O)(O)C[C@@H](CC(C)C)C(=O)N[C@@H](Cc1ccc(O)cc1)C(=O)N[C@@H](CCSC)C(=O)N1CCC[C@H]1C(=O)NCC(=O)O. The third-order valence-electron chi connectivity index (χ3n) is 11.9. The first-order chi connectivity index (χ1) is 34.4. The van der Waals surface area contributed by atoms with Gasteiger partial charge in [-0.2, -0.15) is 23.5 Å².